The number of piperazine rings is 1. The van der Waals surface area contributed by atoms with E-state index in [9.17, 15) is 32.7 Å². The fourth-order valence-corrected chi connectivity index (χ4v) is 3.90. The lowest BCUT2D eigenvalue weighted by Crippen LogP contribution is -2.62. The first kappa shape index (κ1) is 20.8. The van der Waals surface area contributed by atoms with Gasteiger partial charge in [0.05, 0.1) is 24.1 Å². The van der Waals surface area contributed by atoms with Crippen LogP contribution in [0.25, 0.3) is 5.69 Å². The summed E-state index contributed by atoms with van der Waals surface area (Å²) in [5.74, 6) is -1.99. The number of nitrogens with one attached hydrogen (secondary N) is 2. The van der Waals surface area contributed by atoms with Gasteiger partial charge in [0.15, 0.2) is 5.69 Å². The van der Waals surface area contributed by atoms with Crippen molar-refractivity contribution in [1.29, 1.82) is 0 Å². The number of nitrogens with zero attached hydrogens (tertiary/aromatic N) is 3. The summed E-state index contributed by atoms with van der Waals surface area (Å²) in [6.07, 6.45) is -3.96. The third-order valence-electron chi connectivity index (χ3n) is 5.30. The maximum absolute atomic E-state index is 13.8. The largest absolute Gasteiger partial charge is 0.434 e. The fourth-order valence-electron chi connectivity index (χ4n) is 3.90. The second-order valence-corrected chi connectivity index (χ2v) is 7.31. The van der Waals surface area contributed by atoms with E-state index in [0.29, 0.717) is 4.68 Å². The fraction of sp³-hybridized carbons (Fsp3) is 0.368. The van der Waals surface area contributed by atoms with Gasteiger partial charge in [0.2, 0.25) is 11.8 Å². The molecule has 0 aliphatic carbocycles. The number of hydrogen-bond donors (Lipinski definition) is 3. The van der Waals surface area contributed by atoms with Crippen LogP contribution < -0.4 is 10.6 Å². The van der Waals surface area contributed by atoms with Gasteiger partial charge < -0.3 is 20.6 Å². The van der Waals surface area contributed by atoms with E-state index in [0.717, 1.165) is 6.20 Å². The molecule has 2 saturated heterocycles. The number of hydrogen-bond acceptors (Lipinski definition) is 5. The summed E-state index contributed by atoms with van der Waals surface area (Å²) in [6.45, 7) is -0.619. The maximum atomic E-state index is 13.8. The number of fused-ring (bicyclic) bond motifs is 1. The Morgan fingerprint density at radius 2 is 1.97 bits per heavy atom. The number of rotatable bonds is 4. The molecule has 0 saturated carbocycles. The Hall–Kier alpha value is -3.41. The highest BCUT2D eigenvalue weighted by molar-refractivity contribution is 5.98. The van der Waals surface area contributed by atoms with E-state index in [2.05, 4.69) is 15.7 Å². The molecule has 9 nitrogen and oxygen atoms in total. The molecule has 3 N–H and O–H groups in total. The summed E-state index contributed by atoms with van der Waals surface area (Å²) in [4.78, 5) is 38.4. The number of carbonyl (C=O) groups excluding carboxylic acids is 3. The molecule has 0 unspecified atom stereocenters. The Morgan fingerprint density at radius 1 is 1.26 bits per heavy atom. The van der Waals surface area contributed by atoms with Crippen molar-refractivity contribution in [2.75, 3.05) is 13.2 Å². The van der Waals surface area contributed by atoms with E-state index < -0.39 is 59.9 Å². The molecular weight excluding hydrogens is 419 g/mol. The number of halogens is 3. The van der Waals surface area contributed by atoms with E-state index >= 15 is 0 Å². The van der Waals surface area contributed by atoms with Crippen molar-refractivity contribution < 1.29 is 32.7 Å². The van der Waals surface area contributed by atoms with Crippen LogP contribution >= 0.6 is 0 Å². The lowest BCUT2D eigenvalue weighted by molar-refractivity contribution is -0.148. The maximum Gasteiger partial charge on any atom is 0.434 e. The summed E-state index contributed by atoms with van der Waals surface area (Å²) in [5.41, 5.74) is -1.74. The number of carbonyl (C=O) groups is 3. The Kier molecular flexibility index (Phi) is 5.17. The zero-order valence-electron chi connectivity index (χ0n) is 16.0. The predicted octanol–water partition coefficient (Wildman–Crippen LogP) is 0.0811. The molecule has 2 aromatic rings. The van der Waals surface area contributed by atoms with Gasteiger partial charge in [-0.2, -0.15) is 18.3 Å². The standard InChI is InChI=1S/C19H18F3N5O4/c20-19(21,22)15-12(7-23-27(15)11-4-2-1-3-5-11)16(29)24-10-6-14-17(30)25-13(9-28)18(31)26(14)8-10/h1-5,7,10,13-14,28H,6,8-9H2,(H,24,29)(H,25,30)/t10-,13+,14-/m0/s1. The van der Waals surface area contributed by atoms with Crippen LogP contribution in [0.5, 0.6) is 0 Å². The highest BCUT2D eigenvalue weighted by atomic mass is 19.4. The number of aliphatic hydroxyl groups excluding tert-OH is 1. The smallest absolute Gasteiger partial charge is 0.394 e. The van der Waals surface area contributed by atoms with Crippen molar-refractivity contribution in [3.63, 3.8) is 0 Å². The Morgan fingerprint density at radius 3 is 2.61 bits per heavy atom. The quantitative estimate of drug-likeness (QED) is 0.627. The van der Waals surface area contributed by atoms with Gasteiger partial charge in [-0.3, -0.25) is 14.4 Å². The Labute approximate surface area is 173 Å². The van der Waals surface area contributed by atoms with Crippen molar-refractivity contribution in [1.82, 2.24) is 25.3 Å². The Bertz CT molecular complexity index is 1020. The molecule has 2 aliphatic heterocycles. The average Bonchev–Trinajstić information content (AvgIpc) is 3.36. The molecule has 2 aliphatic rings. The average molecular weight is 437 g/mol. The van der Waals surface area contributed by atoms with Gasteiger partial charge in [0, 0.05) is 12.6 Å². The molecule has 0 bridgehead atoms. The third-order valence-corrected chi connectivity index (χ3v) is 5.30. The van der Waals surface area contributed by atoms with Crippen molar-refractivity contribution in [2.45, 2.75) is 30.7 Å². The van der Waals surface area contributed by atoms with Gasteiger partial charge in [-0.15, -0.1) is 0 Å². The number of aliphatic hydroxyl groups is 1. The van der Waals surface area contributed by atoms with Crippen LogP contribution in [0, 0.1) is 0 Å². The first-order valence-corrected chi connectivity index (χ1v) is 9.44. The molecule has 3 heterocycles. The molecule has 1 aromatic carbocycles. The van der Waals surface area contributed by atoms with Crippen LogP contribution in [0.15, 0.2) is 36.5 Å². The van der Waals surface area contributed by atoms with Crippen LogP contribution in [-0.2, 0) is 15.8 Å². The SMILES string of the molecule is O=C(N[C@H]1C[C@H]2C(=O)N[C@H](CO)C(=O)N2C1)c1cnn(-c2ccccc2)c1C(F)(F)F. The number of benzene rings is 1. The normalized spacial score (nSPS) is 23.5. The zero-order valence-corrected chi connectivity index (χ0v) is 16.0. The topological polar surface area (TPSA) is 117 Å². The van der Waals surface area contributed by atoms with E-state index in [-0.39, 0.29) is 18.7 Å². The molecule has 1 aromatic heterocycles. The lowest BCUT2D eigenvalue weighted by Gasteiger charge is -2.33. The van der Waals surface area contributed by atoms with Gasteiger partial charge >= 0.3 is 6.18 Å². The molecule has 31 heavy (non-hydrogen) atoms. The summed E-state index contributed by atoms with van der Waals surface area (Å²) in [7, 11) is 0. The van der Waals surface area contributed by atoms with Gasteiger partial charge in [0.25, 0.3) is 5.91 Å². The van der Waals surface area contributed by atoms with E-state index in [1.807, 2.05) is 0 Å². The van der Waals surface area contributed by atoms with Crippen molar-refractivity contribution in [3.05, 3.63) is 47.8 Å². The molecule has 164 valence electrons. The number of alkyl halides is 3. The summed E-state index contributed by atoms with van der Waals surface area (Å²) >= 11 is 0. The molecule has 2 fully saturated rings. The van der Waals surface area contributed by atoms with Gasteiger partial charge in [-0.05, 0) is 18.6 Å². The van der Waals surface area contributed by atoms with Crippen molar-refractivity contribution in [3.8, 4) is 5.69 Å². The molecule has 0 radical (unpaired) electrons. The Balaban J connectivity index is 1.57. The van der Waals surface area contributed by atoms with E-state index in [1.54, 1.807) is 18.2 Å². The van der Waals surface area contributed by atoms with Gasteiger partial charge in [-0.1, -0.05) is 18.2 Å². The lowest BCUT2D eigenvalue weighted by atomic mass is 10.1. The molecule has 3 amide bonds. The zero-order chi connectivity index (χ0) is 22.3. The molecule has 12 heteroatoms. The molecule has 0 spiro atoms. The minimum absolute atomic E-state index is 0.0483. The third kappa shape index (κ3) is 3.74. The number of amides is 3. The minimum Gasteiger partial charge on any atom is -0.394 e. The summed E-state index contributed by atoms with van der Waals surface area (Å²) in [6, 6.07) is 4.95. The summed E-state index contributed by atoms with van der Waals surface area (Å²) < 4.78 is 41.9. The van der Waals surface area contributed by atoms with Crippen molar-refractivity contribution in [2.24, 2.45) is 0 Å². The number of aromatic nitrogens is 2. The van der Waals surface area contributed by atoms with Gasteiger partial charge in [0.1, 0.15) is 12.1 Å². The van der Waals surface area contributed by atoms with E-state index in [4.69, 9.17) is 0 Å². The van der Waals surface area contributed by atoms with Gasteiger partial charge in [-0.25, -0.2) is 4.68 Å². The van der Waals surface area contributed by atoms with Crippen LogP contribution in [-0.4, -0.2) is 68.8 Å². The second kappa shape index (κ2) is 7.69. The second-order valence-electron chi connectivity index (χ2n) is 7.31. The predicted molar refractivity (Wildman–Crippen MR) is 99.0 cm³/mol. The number of para-hydroxylation sites is 1. The highest BCUT2D eigenvalue weighted by Crippen LogP contribution is 2.34. The molecule has 3 atom stereocenters. The monoisotopic (exact) mass is 437 g/mol. The molecular formula is C19H18F3N5O4. The first-order chi connectivity index (χ1) is 14.7. The summed E-state index contributed by atoms with van der Waals surface area (Å²) in [5, 5.41) is 17.8. The molecule has 4 rings (SSSR count). The highest BCUT2D eigenvalue weighted by Gasteiger charge is 2.47. The van der Waals surface area contributed by atoms with Crippen LogP contribution in [0.3, 0.4) is 0 Å². The van der Waals surface area contributed by atoms with Crippen LogP contribution in [0.1, 0.15) is 22.5 Å². The van der Waals surface area contributed by atoms with Crippen LogP contribution in [0.2, 0.25) is 0 Å². The first-order valence-electron chi connectivity index (χ1n) is 9.44. The van der Waals surface area contributed by atoms with E-state index in [1.165, 1.54) is 17.0 Å². The van der Waals surface area contributed by atoms with Crippen LogP contribution in [0.4, 0.5) is 13.2 Å². The minimum atomic E-state index is -4.85. The van der Waals surface area contributed by atoms with Crippen molar-refractivity contribution >= 4 is 17.7 Å².